The number of hydrogen-bond donors (Lipinski definition) is 3. The van der Waals surface area contributed by atoms with Crippen LogP contribution >= 0.6 is 0 Å². The molecule has 0 unspecified atom stereocenters. The summed E-state index contributed by atoms with van der Waals surface area (Å²) in [7, 11) is 0. The van der Waals surface area contributed by atoms with E-state index in [-0.39, 0.29) is 12.6 Å². The van der Waals surface area contributed by atoms with E-state index in [9.17, 15) is 4.79 Å². The van der Waals surface area contributed by atoms with Crippen molar-refractivity contribution in [1.82, 2.24) is 4.98 Å². The van der Waals surface area contributed by atoms with E-state index >= 15 is 0 Å². The van der Waals surface area contributed by atoms with Gasteiger partial charge in [0, 0.05) is 11.9 Å². The van der Waals surface area contributed by atoms with E-state index in [2.05, 4.69) is 15.6 Å². The zero-order valence-corrected chi connectivity index (χ0v) is 9.63. The highest BCUT2D eigenvalue weighted by Gasteiger charge is 2.02. The van der Waals surface area contributed by atoms with Crippen molar-refractivity contribution in [3.05, 3.63) is 54.2 Å². The first kappa shape index (κ1) is 12.1. The molecule has 0 spiro atoms. The van der Waals surface area contributed by atoms with Crippen molar-refractivity contribution >= 4 is 17.5 Å². The first-order chi connectivity index (χ1) is 8.78. The molecule has 0 saturated heterocycles. The molecule has 5 heteroatoms. The van der Waals surface area contributed by atoms with E-state index in [4.69, 9.17) is 5.11 Å². The molecule has 1 heterocycles. The van der Waals surface area contributed by atoms with E-state index in [1.165, 1.54) is 6.20 Å². The average molecular weight is 243 g/mol. The van der Waals surface area contributed by atoms with Crippen LogP contribution < -0.4 is 10.6 Å². The maximum absolute atomic E-state index is 11.6. The van der Waals surface area contributed by atoms with Crippen molar-refractivity contribution < 1.29 is 9.90 Å². The summed E-state index contributed by atoms with van der Waals surface area (Å²) in [4.78, 5) is 15.6. The van der Waals surface area contributed by atoms with Gasteiger partial charge < -0.3 is 10.4 Å². The molecule has 18 heavy (non-hydrogen) atoms. The first-order valence-corrected chi connectivity index (χ1v) is 5.47. The van der Waals surface area contributed by atoms with Gasteiger partial charge in [0.25, 0.3) is 0 Å². The molecule has 1 aromatic carbocycles. The Balaban J connectivity index is 1.94. The molecule has 0 saturated carbocycles. The van der Waals surface area contributed by atoms with Crippen molar-refractivity contribution in [3.63, 3.8) is 0 Å². The maximum atomic E-state index is 11.6. The summed E-state index contributed by atoms with van der Waals surface area (Å²) < 4.78 is 0. The molecule has 92 valence electrons. The average Bonchev–Trinajstić information content (AvgIpc) is 2.40. The van der Waals surface area contributed by atoms with Gasteiger partial charge in [0.05, 0.1) is 6.61 Å². The third-order valence-electron chi connectivity index (χ3n) is 2.28. The van der Waals surface area contributed by atoms with Crippen LogP contribution in [0.15, 0.2) is 48.7 Å². The van der Waals surface area contributed by atoms with Gasteiger partial charge in [0.15, 0.2) is 0 Å². The molecular formula is C13H13N3O2. The van der Waals surface area contributed by atoms with Crippen molar-refractivity contribution in [1.29, 1.82) is 0 Å². The second-order valence-corrected chi connectivity index (χ2v) is 3.65. The predicted octanol–water partition coefficient (Wildman–Crippen LogP) is 2.22. The maximum Gasteiger partial charge on any atom is 0.324 e. The van der Waals surface area contributed by atoms with Crippen molar-refractivity contribution in [2.24, 2.45) is 0 Å². The zero-order valence-electron chi connectivity index (χ0n) is 9.63. The number of aromatic nitrogens is 1. The number of rotatable bonds is 3. The molecule has 2 aromatic rings. The van der Waals surface area contributed by atoms with Crippen LogP contribution in [0.5, 0.6) is 0 Å². The Bertz CT molecular complexity index is 512. The smallest absolute Gasteiger partial charge is 0.324 e. The fourth-order valence-corrected chi connectivity index (χ4v) is 1.39. The highest BCUT2D eigenvalue weighted by atomic mass is 16.3. The molecule has 0 bridgehead atoms. The zero-order chi connectivity index (χ0) is 12.8. The van der Waals surface area contributed by atoms with Crippen LogP contribution in [0.2, 0.25) is 0 Å². The molecular weight excluding hydrogens is 230 g/mol. The third-order valence-corrected chi connectivity index (χ3v) is 2.28. The van der Waals surface area contributed by atoms with Gasteiger partial charge in [0.2, 0.25) is 0 Å². The number of carbonyl (C=O) groups excluding carboxylic acids is 1. The van der Waals surface area contributed by atoms with Gasteiger partial charge in [-0.1, -0.05) is 24.3 Å². The lowest BCUT2D eigenvalue weighted by molar-refractivity contribution is 0.262. The molecule has 0 radical (unpaired) electrons. The Hall–Kier alpha value is -2.40. The Morgan fingerprint density at radius 3 is 2.50 bits per heavy atom. The van der Waals surface area contributed by atoms with Gasteiger partial charge in [-0.15, -0.1) is 0 Å². The predicted molar refractivity (Wildman–Crippen MR) is 69.2 cm³/mol. The number of para-hydroxylation sites is 1. The van der Waals surface area contributed by atoms with E-state index in [0.717, 1.165) is 0 Å². The summed E-state index contributed by atoms with van der Waals surface area (Å²) in [5.74, 6) is 0.431. The number of pyridine rings is 1. The second-order valence-electron chi connectivity index (χ2n) is 3.65. The lowest BCUT2D eigenvalue weighted by Crippen LogP contribution is -2.19. The number of aliphatic hydroxyl groups excluding tert-OH is 1. The van der Waals surface area contributed by atoms with Crippen molar-refractivity contribution in [2.45, 2.75) is 6.61 Å². The molecule has 0 aliphatic rings. The van der Waals surface area contributed by atoms with Gasteiger partial charge in [-0.25, -0.2) is 9.78 Å². The van der Waals surface area contributed by atoms with Crippen LogP contribution in [-0.4, -0.2) is 16.1 Å². The van der Waals surface area contributed by atoms with Crippen molar-refractivity contribution in [3.8, 4) is 0 Å². The largest absolute Gasteiger partial charge is 0.392 e. The lowest BCUT2D eigenvalue weighted by atomic mass is 10.3. The summed E-state index contributed by atoms with van der Waals surface area (Å²) in [5, 5.41) is 14.1. The fraction of sp³-hybridized carbons (Fsp3) is 0.0769. The standard InChI is InChI=1S/C13H13N3O2/c17-9-10-6-7-12(14-8-10)16-13(18)15-11-4-2-1-3-5-11/h1-8,17H,9H2,(H2,14,15,16,18). The Morgan fingerprint density at radius 2 is 1.89 bits per heavy atom. The number of urea groups is 1. The highest BCUT2D eigenvalue weighted by Crippen LogP contribution is 2.08. The first-order valence-electron chi connectivity index (χ1n) is 5.47. The minimum atomic E-state index is -0.356. The molecule has 0 fully saturated rings. The number of benzene rings is 1. The quantitative estimate of drug-likeness (QED) is 0.773. The summed E-state index contributed by atoms with van der Waals surface area (Å²) in [6.45, 7) is -0.0660. The van der Waals surface area contributed by atoms with Gasteiger partial charge >= 0.3 is 6.03 Å². The Labute approximate surface area is 104 Å². The number of carbonyl (C=O) groups is 1. The van der Waals surface area contributed by atoms with E-state index in [1.54, 1.807) is 24.3 Å². The molecule has 1 aromatic heterocycles. The van der Waals surface area contributed by atoms with Gasteiger partial charge in [-0.3, -0.25) is 5.32 Å². The molecule has 0 atom stereocenters. The summed E-state index contributed by atoms with van der Waals surface area (Å²) in [5.41, 5.74) is 1.41. The molecule has 0 aliphatic heterocycles. The number of anilines is 2. The van der Waals surface area contributed by atoms with E-state index in [0.29, 0.717) is 17.1 Å². The van der Waals surface area contributed by atoms with Crippen LogP contribution in [0, 0.1) is 0 Å². The third kappa shape index (κ3) is 3.29. The van der Waals surface area contributed by atoms with Gasteiger partial charge in [0.1, 0.15) is 5.82 Å². The Kier molecular flexibility index (Phi) is 3.88. The number of amides is 2. The van der Waals surface area contributed by atoms with Crippen LogP contribution in [0.4, 0.5) is 16.3 Å². The summed E-state index contributed by atoms with van der Waals surface area (Å²) in [6.07, 6.45) is 1.51. The molecule has 3 N–H and O–H groups in total. The van der Waals surface area contributed by atoms with E-state index in [1.807, 2.05) is 18.2 Å². The normalized spacial score (nSPS) is 9.83. The summed E-state index contributed by atoms with van der Waals surface area (Å²) in [6, 6.07) is 12.1. The van der Waals surface area contributed by atoms with E-state index < -0.39 is 0 Å². The molecule has 2 rings (SSSR count). The SMILES string of the molecule is O=C(Nc1ccccc1)Nc1ccc(CO)cn1. The number of nitrogens with one attached hydrogen (secondary N) is 2. The summed E-state index contributed by atoms with van der Waals surface area (Å²) >= 11 is 0. The van der Waals surface area contributed by atoms with Crippen LogP contribution in [0.1, 0.15) is 5.56 Å². The highest BCUT2D eigenvalue weighted by molar-refractivity contribution is 5.99. The minimum absolute atomic E-state index is 0.0660. The topological polar surface area (TPSA) is 74.2 Å². The second kappa shape index (κ2) is 5.79. The number of nitrogens with zero attached hydrogens (tertiary/aromatic N) is 1. The minimum Gasteiger partial charge on any atom is -0.392 e. The van der Waals surface area contributed by atoms with Crippen molar-refractivity contribution in [2.75, 3.05) is 10.6 Å². The van der Waals surface area contributed by atoms with Crippen LogP contribution in [0.3, 0.4) is 0 Å². The monoisotopic (exact) mass is 243 g/mol. The molecule has 0 aliphatic carbocycles. The molecule has 5 nitrogen and oxygen atoms in total. The number of hydrogen-bond acceptors (Lipinski definition) is 3. The van der Waals surface area contributed by atoms with Gasteiger partial charge in [-0.2, -0.15) is 0 Å². The van der Waals surface area contributed by atoms with Crippen LogP contribution in [-0.2, 0) is 6.61 Å². The van der Waals surface area contributed by atoms with Gasteiger partial charge in [-0.05, 0) is 23.8 Å². The Morgan fingerprint density at radius 1 is 1.11 bits per heavy atom. The fourth-order valence-electron chi connectivity index (χ4n) is 1.39. The lowest BCUT2D eigenvalue weighted by Gasteiger charge is -2.06. The van der Waals surface area contributed by atoms with Crippen LogP contribution in [0.25, 0.3) is 0 Å². The molecule has 2 amide bonds. The number of aliphatic hydroxyl groups is 1.